The topological polar surface area (TPSA) is 79.2 Å². The van der Waals surface area contributed by atoms with Crippen LogP contribution < -0.4 is 0 Å². The third kappa shape index (κ3) is 8.15. The van der Waals surface area contributed by atoms with Crippen molar-refractivity contribution in [1.29, 1.82) is 0 Å². The summed E-state index contributed by atoms with van der Waals surface area (Å²) in [6.07, 6.45) is 11.7. The third-order valence-corrected chi connectivity index (χ3v) is 4.31. The van der Waals surface area contributed by atoms with Gasteiger partial charge in [0.15, 0.2) is 0 Å². The van der Waals surface area contributed by atoms with Crippen LogP contribution in [0.25, 0.3) is 0 Å². The molecule has 5 heteroatoms. The zero-order chi connectivity index (χ0) is 16.9. The molecule has 1 heterocycles. The summed E-state index contributed by atoms with van der Waals surface area (Å²) in [5, 5.41) is 28.3. The van der Waals surface area contributed by atoms with E-state index in [2.05, 4.69) is 6.92 Å². The number of aliphatic hydroxyl groups is 3. The fourth-order valence-electron chi connectivity index (χ4n) is 2.80. The van der Waals surface area contributed by atoms with Gasteiger partial charge in [-0.25, -0.2) is 0 Å². The summed E-state index contributed by atoms with van der Waals surface area (Å²) in [6.45, 7) is 2.04. The first kappa shape index (κ1) is 20.4. The van der Waals surface area contributed by atoms with Gasteiger partial charge in [-0.2, -0.15) is 0 Å². The molecule has 1 fully saturated rings. The first-order chi connectivity index (χ1) is 11.2. The zero-order valence-corrected chi connectivity index (χ0v) is 14.4. The summed E-state index contributed by atoms with van der Waals surface area (Å²) >= 11 is 0. The molecule has 0 aromatic heterocycles. The Balaban J connectivity index is 2.00. The van der Waals surface area contributed by atoms with Crippen molar-refractivity contribution < 1.29 is 24.8 Å². The summed E-state index contributed by atoms with van der Waals surface area (Å²) in [6, 6.07) is 0. The maximum Gasteiger partial charge on any atom is 0.149 e. The molecule has 0 aromatic rings. The third-order valence-electron chi connectivity index (χ3n) is 4.31. The highest BCUT2D eigenvalue weighted by Crippen LogP contribution is 2.20. The Bertz CT molecular complexity index is 308. The molecular weight excluding hydrogens is 296 g/mol. The number of aliphatic hydroxyl groups excluding tert-OH is 3. The molecule has 1 aliphatic rings. The van der Waals surface area contributed by atoms with Gasteiger partial charge < -0.3 is 24.8 Å². The van der Waals surface area contributed by atoms with Crippen LogP contribution in [0.5, 0.6) is 0 Å². The second-order valence-electron chi connectivity index (χ2n) is 6.35. The quantitative estimate of drug-likeness (QED) is 0.357. The van der Waals surface area contributed by atoms with Crippen molar-refractivity contribution >= 4 is 0 Å². The maximum absolute atomic E-state index is 9.96. The van der Waals surface area contributed by atoms with Crippen LogP contribution in [0.1, 0.15) is 64.7 Å². The van der Waals surface area contributed by atoms with E-state index in [4.69, 9.17) is 14.6 Å². The van der Waals surface area contributed by atoms with E-state index in [1.165, 1.54) is 44.9 Å². The molecule has 1 saturated heterocycles. The lowest BCUT2D eigenvalue weighted by Gasteiger charge is -2.20. The van der Waals surface area contributed by atoms with Crippen LogP contribution >= 0.6 is 0 Å². The SMILES string of the molecule is CCCCCCCCCC/C=C/O[C@H]1CO[C@H]([C@H](O)CO)[C@@H]1O. The van der Waals surface area contributed by atoms with Gasteiger partial charge in [0.05, 0.1) is 19.5 Å². The Kier molecular flexibility index (Phi) is 11.3. The van der Waals surface area contributed by atoms with Crippen LogP contribution in [0.15, 0.2) is 12.3 Å². The number of unbranched alkanes of at least 4 members (excludes halogenated alkanes) is 8. The van der Waals surface area contributed by atoms with Crippen LogP contribution in [-0.4, -0.2) is 52.9 Å². The maximum atomic E-state index is 9.96. The van der Waals surface area contributed by atoms with Crippen molar-refractivity contribution in [2.45, 2.75) is 89.1 Å². The molecule has 0 spiro atoms. The molecule has 0 aliphatic carbocycles. The van der Waals surface area contributed by atoms with Crippen LogP contribution in [0.2, 0.25) is 0 Å². The van der Waals surface area contributed by atoms with Crippen molar-refractivity contribution in [3.8, 4) is 0 Å². The van der Waals surface area contributed by atoms with Gasteiger partial charge in [-0.1, -0.05) is 51.9 Å². The highest BCUT2D eigenvalue weighted by atomic mass is 16.6. The first-order valence-corrected chi connectivity index (χ1v) is 9.09. The Morgan fingerprint density at radius 3 is 2.43 bits per heavy atom. The van der Waals surface area contributed by atoms with Gasteiger partial charge >= 0.3 is 0 Å². The van der Waals surface area contributed by atoms with Crippen molar-refractivity contribution in [2.75, 3.05) is 13.2 Å². The molecule has 4 atom stereocenters. The predicted octanol–water partition coefficient (Wildman–Crippen LogP) is 2.53. The minimum absolute atomic E-state index is 0.227. The molecular formula is C18H34O5. The van der Waals surface area contributed by atoms with Crippen molar-refractivity contribution in [3.05, 3.63) is 12.3 Å². The molecule has 0 amide bonds. The van der Waals surface area contributed by atoms with E-state index in [9.17, 15) is 10.2 Å². The molecule has 0 bridgehead atoms. The Labute approximate surface area is 140 Å². The van der Waals surface area contributed by atoms with E-state index >= 15 is 0 Å². The summed E-state index contributed by atoms with van der Waals surface area (Å²) in [4.78, 5) is 0. The summed E-state index contributed by atoms with van der Waals surface area (Å²) in [5.74, 6) is 0. The number of hydrogen-bond donors (Lipinski definition) is 3. The molecule has 136 valence electrons. The molecule has 3 N–H and O–H groups in total. The Morgan fingerprint density at radius 2 is 1.78 bits per heavy atom. The number of allylic oxidation sites excluding steroid dienone is 1. The molecule has 0 saturated carbocycles. The normalized spacial score (nSPS) is 26.0. The van der Waals surface area contributed by atoms with Crippen LogP contribution in [-0.2, 0) is 9.47 Å². The summed E-state index contributed by atoms with van der Waals surface area (Å²) in [7, 11) is 0. The summed E-state index contributed by atoms with van der Waals surface area (Å²) < 4.78 is 10.7. The molecule has 0 aromatic carbocycles. The second-order valence-corrected chi connectivity index (χ2v) is 6.35. The minimum Gasteiger partial charge on any atom is -0.493 e. The smallest absolute Gasteiger partial charge is 0.149 e. The monoisotopic (exact) mass is 330 g/mol. The van der Waals surface area contributed by atoms with Crippen molar-refractivity contribution in [1.82, 2.24) is 0 Å². The molecule has 23 heavy (non-hydrogen) atoms. The van der Waals surface area contributed by atoms with Crippen molar-refractivity contribution in [2.24, 2.45) is 0 Å². The number of ether oxygens (including phenoxy) is 2. The first-order valence-electron chi connectivity index (χ1n) is 9.09. The lowest BCUT2D eigenvalue weighted by Crippen LogP contribution is -2.40. The van der Waals surface area contributed by atoms with Gasteiger partial charge in [0.2, 0.25) is 0 Å². The fraction of sp³-hybridized carbons (Fsp3) is 0.889. The predicted molar refractivity (Wildman–Crippen MR) is 90.1 cm³/mol. The van der Waals surface area contributed by atoms with Crippen molar-refractivity contribution in [3.63, 3.8) is 0 Å². The van der Waals surface area contributed by atoms with Gasteiger partial charge in [0, 0.05) is 0 Å². The van der Waals surface area contributed by atoms with E-state index in [0.717, 1.165) is 12.8 Å². The van der Waals surface area contributed by atoms with E-state index in [1.54, 1.807) is 6.26 Å². The zero-order valence-electron chi connectivity index (χ0n) is 14.4. The van der Waals surface area contributed by atoms with E-state index < -0.39 is 31.0 Å². The molecule has 1 aliphatic heterocycles. The summed E-state index contributed by atoms with van der Waals surface area (Å²) in [5.41, 5.74) is 0. The van der Waals surface area contributed by atoms with E-state index in [0.29, 0.717) is 0 Å². The highest BCUT2D eigenvalue weighted by Gasteiger charge is 2.40. The highest BCUT2D eigenvalue weighted by molar-refractivity contribution is 4.90. The average molecular weight is 330 g/mol. The standard InChI is InChI=1S/C18H34O5/c1-2-3-4-5-6-7-8-9-10-11-12-22-16-14-23-18(17(16)21)15(20)13-19/h11-12,15-21H,2-10,13-14H2,1H3/b12-11+/t15-,16+,17-,18-/m1/s1. The Hall–Kier alpha value is -0.620. The van der Waals surface area contributed by atoms with E-state index in [1.807, 2.05) is 6.08 Å². The fourth-order valence-corrected chi connectivity index (χ4v) is 2.80. The van der Waals surface area contributed by atoms with Gasteiger partial charge in [-0.15, -0.1) is 0 Å². The van der Waals surface area contributed by atoms with Crippen LogP contribution in [0.3, 0.4) is 0 Å². The molecule has 0 unspecified atom stereocenters. The van der Waals surface area contributed by atoms with Crippen LogP contribution in [0.4, 0.5) is 0 Å². The number of hydrogen-bond acceptors (Lipinski definition) is 5. The second kappa shape index (κ2) is 12.8. The van der Waals surface area contributed by atoms with Gasteiger partial charge in [-0.3, -0.25) is 0 Å². The van der Waals surface area contributed by atoms with E-state index in [-0.39, 0.29) is 6.61 Å². The van der Waals surface area contributed by atoms with Gasteiger partial charge in [-0.05, 0) is 18.9 Å². The Morgan fingerprint density at radius 1 is 1.13 bits per heavy atom. The van der Waals surface area contributed by atoms with Gasteiger partial charge in [0.25, 0.3) is 0 Å². The lowest BCUT2D eigenvalue weighted by molar-refractivity contribution is -0.0689. The molecule has 0 radical (unpaired) electrons. The van der Waals surface area contributed by atoms with Gasteiger partial charge in [0.1, 0.15) is 24.4 Å². The van der Waals surface area contributed by atoms with Crippen LogP contribution in [0, 0.1) is 0 Å². The number of rotatable bonds is 13. The minimum atomic E-state index is -1.07. The molecule has 1 rings (SSSR count). The average Bonchev–Trinajstić information content (AvgIpc) is 2.93. The lowest BCUT2D eigenvalue weighted by atomic mass is 10.1. The molecule has 5 nitrogen and oxygen atoms in total. The largest absolute Gasteiger partial charge is 0.493 e.